The predicted molar refractivity (Wildman–Crippen MR) is 133 cm³/mol. The summed E-state index contributed by atoms with van der Waals surface area (Å²) in [5.74, 6) is -1.23. The van der Waals surface area contributed by atoms with Gasteiger partial charge in [-0.1, -0.05) is 23.7 Å². The third kappa shape index (κ3) is 4.22. The summed E-state index contributed by atoms with van der Waals surface area (Å²) >= 11 is 5.90. The van der Waals surface area contributed by atoms with Crippen molar-refractivity contribution in [3.63, 3.8) is 0 Å². The average Bonchev–Trinajstić information content (AvgIpc) is 3.79. The topological polar surface area (TPSA) is 123 Å². The van der Waals surface area contributed by atoms with E-state index in [1.807, 2.05) is 6.07 Å². The number of nitrogens with one attached hydrogen (secondary N) is 1. The first-order valence-corrected chi connectivity index (χ1v) is 12.8. The molecule has 6 rings (SSSR count). The highest BCUT2D eigenvalue weighted by Crippen LogP contribution is 2.48. The summed E-state index contributed by atoms with van der Waals surface area (Å²) in [5.41, 5.74) is 7.39. The Morgan fingerprint density at radius 2 is 2.05 bits per heavy atom. The van der Waals surface area contributed by atoms with Crippen LogP contribution in [0.5, 0.6) is 0 Å². The molecule has 0 radical (unpaired) electrons. The van der Waals surface area contributed by atoms with Crippen LogP contribution < -0.4 is 11.1 Å². The van der Waals surface area contributed by atoms with E-state index in [0.717, 1.165) is 25.0 Å². The number of hydrogen-bond acceptors (Lipinski definition) is 5. The Bertz CT molecular complexity index is 1450. The minimum atomic E-state index is -0.674. The molecule has 1 saturated heterocycles. The number of rotatable bonds is 7. The summed E-state index contributed by atoms with van der Waals surface area (Å²) < 4.78 is 15.9. The third-order valence-corrected chi connectivity index (χ3v) is 7.97. The monoisotopic (exact) mass is 524 g/mol. The number of aromatic nitrogens is 3. The molecular weight excluding hydrogens is 499 g/mol. The lowest BCUT2D eigenvalue weighted by Gasteiger charge is -2.28. The van der Waals surface area contributed by atoms with Crippen molar-refractivity contribution in [2.45, 2.75) is 63.2 Å². The highest BCUT2D eigenvalue weighted by Gasteiger charge is 2.56. The molecule has 11 heteroatoms. The number of piperidine rings is 1. The molecule has 3 N–H and O–H groups in total. The van der Waals surface area contributed by atoms with E-state index in [2.05, 4.69) is 15.4 Å². The second-order valence-corrected chi connectivity index (χ2v) is 10.7. The Morgan fingerprint density at radius 1 is 1.27 bits per heavy atom. The van der Waals surface area contributed by atoms with Crippen molar-refractivity contribution < 1.29 is 18.8 Å². The molecule has 192 valence electrons. The largest absolute Gasteiger partial charge is 0.364 e. The first kappa shape index (κ1) is 23.8. The van der Waals surface area contributed by atoms with E-state index in [1.54, 1.807) is 30.2 Å². The summed E-state index contributed by atoms with van der Waals surface area (Å²) in [6.07, 6.45) is 5.13. The number of nitrogens with zero attached hydrogens (tertiary/aromatic N) is 4. The zero-order chi connectivity index (χ0) is 26.0. The van der Waals surface area contributed by atoms with Crippen molar-refractivity contribution >= 4 is 40.2 Å². The summed E-state index contributed by atoms with van der Waals surface area (Å²) in [6.45, 7) is 1.53. The van der Waals surface area contributed by atoms with Crippen LogP contribution in [0.4, 0.5) is 4.39 Å². The molecule has 3 heterocycles. The number of primary amides is 1. The maximum Gasteiger partial charge on any atom is 0.269 e. The molecule has 3 amide bonds. The smallest absolute Gasteiger partial charge is 0.269 e. The molecule has 0 bridgehead atoms. The van der Waals surface area contributed by atoms with Gasteiger partial charge in [-0.15, -0.1) is 0 Å². The minimum Gasteiger partial charge on any atom is -0.364 e. The van der Waals surface area contributed by atoms with Crippen LogP contribution in [0.15, 0.2) is 30.5 Å². The number of hydrogen-bond donors (Lipinski definition) is 2. The van der Waals surface area contributed by atoms with E-state index in [-0.39, 0.29) is 46.6 Å². The van der Waals surface area contributed by atoms with Gasteiger partial charge in [0.25, 0.3) is 5.91 Å². The Balaban J connectivity index is 1.22. The van der Waals surface area contributed by atoms with Gasteiger partial charge in [0, 0.05) is 28.6 Å². The quantitative estimate of drug-likeness (QED) is 0.491. The summed E-state index contributed by atoms with van der Waals surface area (Å²) in [4.78, 5) is 44.9. The van der Waals surface area contributed by atoms with Gasteiger partial charge in [0.2, 0.25) is 11.8 Å². The molecule has 4 atom stereocenters. The van der Waals surface area contributed by atoms with Gasteiger partial charge < -0.3 is 16.0 Å². The first-order valence-electron chi connectivity index (χ1n) is 12.4. The van der Waals surface area contributed by atoms with Crippen molar-refractivity contribution in [1.29, 1.82) is 0 Å². The molecular formula is C26H26ClFN6O3. The van der Waals surface area contributed by atoms with Crippen molar-refractivity contribution in [1.82, 2.24) is 25.0 Å². The van der Waals surface area contributed by atoms with Crippen LogP contribution in [-0.2, 0) is 16.1 Å². The zero-order valence-electron chi connectivity index (χ0n) is 20.2. The highest BCUT2D eigenvalue weighted by molar-refractivity contribution is 6.30. The maximum atomic E-state index is 14.5. The summed E-state index contributed by atoms with van der Waals surface area (Å²) in [5, 5.41) is 7.74. The number of likely N-dealkylation sites (tertiary alicyclic amines) is 1. The molecule has 37 heavy (non-hydrogen) atoms. The van der Waals surface area contributed by atoms with Crippen molar-refractivity contribution in [3.05, 3.63) is 58.3 Å². The maximum absolute atomic E-state index is 14.5. The Morgan fingerprint density at radius 3 is 2.78 bits per heavy atom. The van der Waals surface area contributed by atoms with Gasteiger partial charge in [-0.25, -0.2) is 4.39 Å². The van der Waals surface area contributed by atoms with Gasteiger partial charge >= 0.3 is 0 Å². The Hall–Kier alpha value is -3.53. The van der Waals surface area contributed by atoms with Crippen molar-refractivity contribution in [2.24, 2.45) is 11.7 Å². The molecule has 3 aliphatic rings. The van der Waals surface area contributed by atoms with Crippen LogP contribution in [0.25, 0.3) is 10.9 Å². The fraction of sp³-hybridized carbons (Fsp3) is 0.423. The number of nitrogens with two attached hydrogens (primary N) is 1. The van der Waals surface area contributed by atoms with Gasteiger partial charge in [0.1, 0.15) is 18.4 Å². The fourth-order valence-corrected chi connectivity index (χ4v) is 5.68. The van der Waals surface area contributed by atoms with Crippen LogP contribution in [0.2, 0.25) is 5.02 Å². The summed E-state index contributed by atoms with van der Waals surface area (Å²) in [6, 6.07) is 5.17. The number of carbonyl (C=O) groups excluding carboxylic acids is 3. The third-order valence-electron chi connectivity index (χ3n) is 7.67. The van der Waals surface area contributed by atoms with Gasteiger partial charge in [0.05, 0.1) is 22.8 Å². The Labute approximate surface area is 217 Å². The van der Waals surface area contributed by atoms with Gasteiger partial charge in [-0.2, -0.15) is 5.10 Å². The lowest BCUT2D eigenvalue weighted by Crippen LogP contribution is -2.49. The standard InChI is InChI=1S/C26H26ClFN6O3/c1-12(15-3-2-4-17(27)23(15)28)31-26(37)20-8-14-7-19(14)34(20)22(35)11-33-21-10-30-18(13-5-6-13)9-16(21)24(32-33)25(29)36/h2-4,9-10,12-14,19-20H,5-8,11H2,1H3,(H2,29,36)(H,31,37)/t12-,14-,19-,20+/m1/s1. The van der Waals surface area contributed by atoms with E-state index in [1.165, 1.54) is 10.7 Å². The van der Waals surface area contributed by atoms with Gasteiger partial charge in [-0.3, -0.25) is 24.0 Å². The lowest BCUT2D eigenvalue weighted by atomic mass is 10.1. The second-order valence-electron chi connectivity index (χ2n) is 10.3. The van der Waals surface area contributed by atoms with E-state index < -0.39 is 23.8 Å². The average molecular weight is 525 g/mol. The van der Waals surface area contributed by atoms with Crippen molar-refractivity contribution in [3.8, 4) is 0 Å². The number of benzene rings is 1. The van der Waals surface area contributed by atoms with E-state index >= 15 is 0 Å². The van der Waals surface area contributed by atoms with Crippen molar-refractivity contribution in [2.75, 3.05) is 0 Å². The minimum absolute atomic E-state index is 0.0153. The molecule has 3 fully saturated rings. The molecule has 2 aromatic heterocycles. The number of halogens is 2. The SMILES string of the molecule is C[C@@H](NC(=O)[C@@H]1C[C@H]2C[C@H]2N1C(=O)Cn1nc(C(N)=O)c2cc(C3CC3)ncc21)c1cccc(Cl)c1F. The predicted octanol–water partition coefficient (Wildman–Crippen LogP) is 3.07. The van der Waals surface area contributed by atoms with Crippen LogP contribution in [0.3, 0.4) is 0 Å². The molecule has 2 aliphatic carbocycles. The lowest BCUT2D eigenvalue weighted by molar-refractivity contribution is -0.140. The Kier molecular flexibility index (Phi) is 5.67. The van der Waals surface area contributed by atoms with E-state index in [0.29, 0.717) is 23.2 Å². The molecule has 3 aromatic rings. The molecule has 0 unspecified atom stereocenters. The normalized spacial score (nSPS) is 23.1. The van der Waals surface area contributed by atoms with Gasteiger partial charge in [-0.05, 0) is 50.7 Å². The van der Waals surface area contributed by atoms with Crippen LogP contribution in [-0.4, -0.2) is 49.5 Å². The van der Waals surface area contributed by atoms with E-state index in [9.17, 15) is 18.8 Å². The number of pyridine rings is 1. The van der Waals surface area contributed by atoms with Gasteiger partial charge in [0.15, 0.2) is 5.69 Å². The van der Waals surface area contributed by atoms with Crippen LogP contribution in [0.1, 0.15) is 66.3 Å². The van der Waals surface area contributed by atoms with Crippen LogP contribution >= 0.6 is 11.6 Å². The molecule has 2 saturated carbocycles. The molecule has 0 spiro atoms. The van der Waals surface area contributed by atoms with E-state index in [4.69, 9.17) is 17.3 Å². The highest BCUT2D eigenvalue weighted by atomic mass is 35.5. The van der Waals surface area contributed by atoms with Crippen LogP contribution in [0, 0.1) is 11.7 Å². The zero-order valence-corrected chi connectivity index (χ0v) is 20.9. The number of fused-ring (bicyclic) bond motifs is 2. The molecule has 9 nitrogen and oxygen atoms in total. The number of carbonyl (C=O) groups is 3. The fourth-order valence-electron chi connectivity index (χ4n) is 5.49. The second kappa shape index (κ2) is 8.79. The molecule has 1 aromatic carbocycles. The first-order chi connectivity index (χ1) is 17.7. The molecule has 1 aliphatic heterocycles. The summed E-state index contributed by atoms with van der Waals surface area (Å²) in [7, 11) is 0. The number of amides is 3.